The first-order valence-electron chi connectivity index (χ1n) is 14.8. The van der Waals surface area contributed by atoms with Gasteiger partial charge in [0.25, 0.3) is 0 Å². The van der Waals surface area contributed by atoms with Crippen LogP contribution in [0.2, 0.25) is 0 Å². The average molecular weight is 613 g/mol. The molecular weight excluding hydrogens is 571 g/mol. The Bertz CT molecular complexity index is 1490. The van der Waals surface area contributed by atoms with E-state index in [1.807, 2.05) is 38.1 Å². The summed E-state index contributed by atoms with van der Waals surface area (Å²) < 4.78 is 66.7. The molecule has 3 aromatic rings. The van der Waals surface area contributed by atoms with Gasteiger partial charge in [0.2, 0.25) is 16.8 Å². The molecule has 0 saturated carbocycles. The maximum Gasteiger partial charge on any atom is 0.241 e. The monoisotopic (exact) mass is 612 g/mol. The number of hydrogen-bond donors (Lipinski definition) is 2. The van der Waals surface area contributed by atoms with Crippen molar-refractivity contribution in [3.05, 3.63) is 83.2 Å². The van der Waals surface area contributed by atoms with E-state index in [1.54, 1.807) is 18.2 Å². The number of sulfonamides is 1. The molecule has 10 heteroatoms. The third-order valence-electron chi connectivity index (χ3n) is 7.58. The Labute approximate surface area is 253 Å². The third kappa shape index (κ3) is 8.26. The highest BCUT2D eigenvalue weighted by Gasteiger charge is 2.38. The van der Waals surface area contributed by atoms with Crippen LogP contribution in [0.15, 0.2) is 65.6 Å². The second kappa shape index (κ2) is 13.2. The van der Waals surface area contributed by atoms with Crippen molar-refractivity contribution in [2.75, 3.05) is 20.0 Å². The van der Waals surface area contributed by atoms with Crippen molar-refractivity contribution in [2.45, 2.75) is 76.1 Å². The van der Waals surface area contributed by atoms with Crippen LogP contribution in [-0.2, 0) is 34.0 Å². The summed E-state index contributed by atoms with van der Waals surface area (Å²) in [5.41, 5.74) is 2.28. The van der Waals surface area contributed by atoms with Crippen molar-refractivity contribution in [1.82, 2.24) is 10.0 Å². The minimum atomic E-state index is -3.91. The normalized spacial score (nSPS) is 18.2. The Balaban J connectivity index is 1.27. The van der Waals surface area contributed by atoms with Gasteiger partial charge in [0.15, 0.2) is 11.5 Å². The third-order valence-corrected chi connectivity index (χ3v) is 9.05. The Hall–Kier alpha value is -3.18. The van der Waals surface area contributed by atoms with Gasteiger partial charge in [-0.15, -0.1) is 0 Å². The summed E-state index contributed by atoms with van der Waals surface area (Å²) in [5, 5.41) is 3.43. The second-order valence-corrected chi connectivity index (χ2v) is 13.9. The lowest BCUT2D eigenvalue weighted by molar-refractivity contribution is 0.0230. The Kier molecular flexibility index (Phi) is 9.60. The van der Waals surface area contributed by atoms with Gasteiger partial charge < -0.3 is 18.9 Å². The van der Waals surface area contributed by atoms with Gasteiger partial charge in [-0.1, -0.05) is 38.1 Å². The van der Waals surface area contributed by atoms with Crippen LogP contribution >= 0.6 is 0 Å². The zero-order chi connectivity index (χ0) is 30.6. The van der Waals surface area contributed by atoms with E-state index in [9.17, 15) is 12.8 Å². The molecule has 5 rings (SSSR count). The largest absolute Gasteiger partial charge is 0.494 e. The van der Waals surface area contributed by atoms with Crippen LogP contribution in [0.5, 0.6) is 17.2 Å². The van der Waals surface area contributed by atoms with E-state index >= 15 is 0 Å². The molecule has 232 valence electrons. The molecule has 0 spiro atoms. The number of ether oxygens (including phenoxy) is 4. The standard InChI is InChI=1S/C33H41FN2O6S/c1-22(2)16-25-18-28(19-31-32(25)41-21-40-31)43(37,38)36-29(30-20-42-33(3,4)35-30)17-24-9-13-27(14-10-24)39-15-5-6-23-7-11-26(34)12-8-23/h7-14,18-19,22,29-30,35-36H,5-6,15-17,20-21H2,1-4H3/t29?,30-/m1/s1. The lowest BCUT2D eigenvalue weighted by atomic mass is 10.0. The van der Waals surface area contributed by atoms with Crippen LogP contribution in [0.3, 0.4) is 0 Å². The molecule has 1 unspecified atom stereocenters. The number of nitrogens with one attached hydrogen (secondary N) is 2. The zero-order valence-corrected chi connectivity index (χ0v) is 26.0. The summed E-state index contributed by atoms with van der Waals surface area (Å²) >= 11 is 0. The van der Waals surface area contributed by atoms with E-state index in [2.05, 4.69) is 23.9 Å². The van der Waals surface area contributed by atoms with E-state index in [-0.39, 0.29) is 23.5 Å². The van der Waals surface area contributed by atoms with Gasteiger partial charge in [0.1, 0.15) is 17.3 Å². The van der Waals surface area contributed by atoms with Crippen molar-refractivity contribution in [3.63, 3.8) is 0 Å². The minimum absolute atomic E-state index is 0.0758. The Morgan fingerprint density at radius 3 is 2.42 bits per heavy atom. The fourth-order valence-corrected chi connectivity index (χ4v) is 6.81. The molecule has 2 aliphatic heterocycles. The smallest absolute Gasteiger partial charge is 0.241 e. The molecule has 2 atom stereocenters. The van der Waals surface area contributed by atoms with E-state index in [4.69, 9.17) is 18.9 Å². The van der Waals surface area contributed by atoms with E-state index < -0.39 is 21.8 Å². The van der Waals surface area contributed by atoms with E-state index in [1.165, 1.54) is 18.2 Å². The first kappa shape index (κ1) is 31.3. The lowest BCUT2D eigenvalue weighted by Gasteiger charge is -2.26. The molecule has 2 N–H and O–H groups in total. The summed E-state index contributed by atoms with van der Waals surface area (Å²) in [7, 11) is -3.91. The van der Waals surface area contributed by atoms with Crippen molar-refractivity contribution >= 4 is 10.0 Å². The molecule has 43 heavy (non-hydrogen) atoms. The Morgan fingerprint density at radius 1 is 1.02 bits per heavy atom. The number of aryl methyl sites for hydroxylation is 1. The van der Waals surface area contributed by atoms with Gasteiger partial charge in [-0.05, 0) is 92.5 Å². The predicted molar refractivity (Wildman–Crippen MR) is 163 cm³/mol. The summed E-state index contributed by atoms with van der Waals surface area (Å²) in [6.07, 6.45) is 2.73. The second-order valence-electron chi connectivity index (χ2n) is 12.1. The molecule has 0 amide bonds. The van der Waals surface area contributed by atoms with Gasteiger partial charge >= 0.3 is 0 Å². The topological polar surface area (TPSA) is 95.1 Å². The van der Waals surface area contributed by atoms with Crippen molar-refractivity contribution in [2.24, 2.45) is 5.92 Å². The van der Waals surface area contributed by atoms with Crippen LogP contribution in [0.25, 0.3) is 0 Å². The zero-order valence-electron chi connectivity index (χ0n) is 25.2. The van der Waals surface area contributed by atoms with E-state index in [0.29, 0.717) is 43.5 Å². The highest BCUT2D eigenvalue weighted by Crippen LogP contribution is 2.39. The minimum Gasteiger partial charge on any atom is -0.494 e. The fourth-order valence-electron chi connectivity index (χ4n) is 5.47. The van der Waals surface area contributed by atoms with Crippen LogP contribution in [-0.4, -0.2) is 46.2 Å². The molecule has 1 saturated heterocycles. The van der Waals surface area contributed by atoms with Gasteiger partial charge in [0, 0.05) is 18.2 Å². The SMILES string of the molecule is CC(C)Cc1cc(S(=O)(=O)NC(Cc2ccc(OCCCc3ccc(F)cc3)cc2)[C@H]2COC(C)(C)N2)cc2c1OCO2. The number of hydrogen-bond acceptors (Lipinski definition) is 7. The first-order valence-corrected chi connectivity index (χ1v) is 16.3. The van der Waals surface area contributed by atoms with E-state index in [0.717, 1.165) is 35.3 Å². The van der Waals surface area contributed by atoms with Crippen molar-refractivity contribution in [1.29, 1.82) is 0 Å². The number of halogens is 1. The van der Waals surface area contributed by atoms with Crippen LogP contribution in [0.4, 0.5) is 4.39 Å². The summed E-state index contributed by atoms with van der Waals surface area (Å²) in [5.74, 6) is 1.89. The molecule has 3 aromatic carbocycles. The molecule has 2 heterocycles. The summed E-state index contributed by atoms with van der Waals surface area (Å²) in [6, 6.07) is 16.7. The summed E-state index contributed by atoms with van der Waals surface area (Å²) in [4.78, 5) is 0.153. The van der Waals surface area contributed by atoms with Gasteiger partial charge in [-0.2, -0.15) is 0 Å². The maximum absolute atomic E-state index is 13.8. The quantitative estimate of drug-likeness (QED) is 0.251. The maximum atomic E-state index is 13.8. The molecule has 0 aromatic heterocycles. The first-order chi connectivity index (χ1) is 20.5. The number of benzene rings is 3. The molecule has 8 nitrogen and oxygen atoms in total. The molecule has 1 fully saturated rings. The highest BCUT2D eigenvalue weighted by molar-refractivity contribution is 7.89. The van der Waals surface area contributed by atoms with Crippen molar-refractivity contribution < 1.29 is 31.8 Å². The molecular formula is C33H41FN2O6S. The van der Waals surface area contributed by atoms with Crippen LogP contribution in [0.1, 0.15) is 50.8 Å². The highest BCUT2D eigenvalue weighted by atomic mass is 32.2. The van der Waals surface area contributed by atoms with Gasteiger partial charge in [0.05, 0.1) is 18.1 Å². The van der Waals surface area contributed by atoms with Crippen LogP contribution < -0.4 is 24.2 Å². The number of fused-ring (bicyclic) bond motifs is 1. The van der Waals surface area contributed by atoms with Gasteiger partial charge in [-0.25, -0.2) is 17.5 Å². The van der Waals surface area contributed by atoms with Gasteiger partial charge in [-0.3, -0.25) is 5.32 Å². The molecule has 0 bridgehead atoms. The molecule has 2 aliphatic rings. The predicted octanol–water partition coefficient (Wildman–Crippen LogP) is 5.38. The van der Waals surface area contributed by atoms with Crippen LogP contribution in [0, 0.1) is 11.7 Å². The Morgan fingerprint density at radius 2 is 1.74 bits per heavy atom. The number of rotatable bonds is 13. The average Bonchev–Trinajstić information content (AvgIpc) is 3.58. The lowest BCUT2D eigenvalue weighted by Crippen LogP contribution is -2.52. The molecule has 0 radical (unpaired) electrons. The fraction of sp³-hybridized carbons (Fsp3) is 0.455. The summed E-state index contributed by atoms with van der Waals surface area (Å²) in [6.45, 7) is 8.99. The van der Waals surface area contributed by atoms with Crippen molar-refractivity contribution in [3.8, 4) is 17.2 Å². The molecule has 0 aliphatic carbocycles.